The summed E-state index contributed by atoms with van der Waals surface area (Å²) in [5, 5.41) is 0.905. The van der Waals surface area contributed by atoms with Crippen LogP contribution in [0.4, 0.5) is 0 Å². The quantitative estimate of drug-likeness (QED) is 0.229. The molecular weight excluding hydrogens is 400 g/mol. The molecule has 0 aromatic carbocycles. The summed E-state index contributed by atoms with van der Waals surface area (Å²) in [5.74, 6) is 0.690. The molecule has 5 nitrogen and oxygen atoms in total. The number of esters is 2. The van der Waals surface area contributed by atoms with Crippen LogP contribution in [0.25, 0.3) is 0 Å². The van der Waals surface area contributed by atoms with Crippen LogP contribution >= 0.6 is 21.6 Å². The Morgan fingerprint density at radius 3 is 1.60 bits per heavy atom. The molecule has 25 heavy (non-hydrogen) atoms. The van der Waals surface area contributed by atoms with Crippen LogP contribution in [0.5, 0.6) is 0 Å². The van der Waals surface area contributed by atoms with Crippen LogP contribution in [0.2, 0.25) is 0 Å². The summed E-state index contributed by atoms with van der Waals surface area (Å²) in [6.45, 7) is 0. The summed E-state index contributed by atoms with van der Waals surface area (Å²) in [6.07, 6.45) is 7.72. The number of carbonyl (C=O) groups is 2. The van der Waals surface area contributed by atoms with Gasteiger partial charge in [-0.15, -0.1) is 0 Å². The fourth-order valence-electron chi connectivity index (χ4n) is 2.85. The smallest absolute Gasteiger partial charge is 0.313 e. The molecular formula is C16H26O5S4. The lowest BCUT2D eigenvalue weighted by Crippen LogP contribution is -2.12. The van der Waals surface area contributed by atoms with Crippen molar-refractivity contribution in [3.63, 3.8) is 0 Å². The number of hydrogen-bond donors (Lipinski definition) is 0. The Kier molecular flexibility index (Phi) is 10.1. The van der Waals surface area contributed by atoms with Crippen molar-refractivity contribution in [1.82, 2.24) is 0 Å². The van der Waals surface area contributed by atoms with Crippen molar-refractivity contribution >= 4 is 53.2 Å². The average molecular weight is 427 g/mol. The van der Waals surface area contributed by atoms with E-state index in [0.29, 0.717) is 23.3 Å². The van der Waals surface area contributed by atoms with Crippen LogP contribution < -0.4 is 0 Å². The molecule has 0 saturated carbocycles. The van der Waals surface area contributed by atoms with E-state index in [2.05, 4.69) is 0 Å². The molecule has 2 fully saturated rings. The molecule has 0 aliphatic carbocycles. The Balaban J connectivity index is 1.43. The normalized spacial score (nSPS) is 29.0. The topological polar surface area (TPSA) is 77.5 Å². The highest BCUT2D eigenvalue weighted by atomic mass is 33.1. The van der Waals surface area contributed by atoms with Gasteiger partial charge in [0.2, 0.25) is 0 Å². The Morgan fingerprint density at radius 2 is 1.24 bits per heavy atom. The van der Waals surface area contributed by atoms with Gasteiger partial charge in [0.15, 0.2) is 0 Å². The summed E-state index contributed by atoms with van der Waals surface area (Å²) in [5.41, 5.74) is 0. The van der Waals surface area contributed by atoms with Gasteiger partial charge in [0.1, 0.15) is 0 Å². The van der Waals surface area contributed by atoms with Gasteiger partial charge in [-0.1, -0.05) is 34.4 Å². The van der Waals surface area contributed by atoms with Crippen molar-refractivity contribution in [1.29, 1.82) is 0 Å². The van der Waals surface area contributed by atoms with Gasteiger partial charge in [-0.05, 0) is 38.5 Å². The molecule has 0 amide bonds. The van der Waals surface area contributed by atoms with Gasteiger partial charge in [0, 0.05) is 34.8 Å². The fraction of sp³-hybridized carbons (Fsp3) is 0.875. The van der Waals surface area contributed by atoms with Crippen molar-refractivity contribution in [2.75, 3.05) is 11.5 Å². The van der Waals surface area contributed by atoms with Crippen molar-refractivity contribution in [3.8, 4) is 0 Å². The number of hydrogen-bond acceptors (Lipinski definition) is 7. The minimum Gasteiger partial charge on any atom is -0.393 e. The minimum atomic E-state index is -0.718. The summed E-state index contributed by atoms with van der Waals surface area (Å²) < 4.78 is 27.4. The molecule has 0 radical (unpaired) electrons. The number of unbranched alkanes of at least 4 members (excludes halogenated alkanes) is 2. The molecule has 2 aliphatic heterocycles. The maximum absolute atomic E-state index is 11.6. The second-order valence-corrected chi connectivity index (χ2v) is 13.5. The van der Waals surface area contributed by atoms with E-state index in [1.54, 1.807) is 0 Å². The van der Waals surface area contributed by atoms with E-state index < -0.39 is 31.6 Å². The van der Waals surface area contributed by atoms with Crippen molar-refractivity contribution in [3.05, 3.63) is 0 Å². The van der Waals surface area contributed by atoms with Crippen LogP contribution in [0, 0.1) is 0 Å². The van der Waals surface area contributed by atoms with Crippen LogP contribution in [-0.4, -0.2) is 42.4 Å². The number of rotatable bonds is 10. The standard InChI is InChI=1S/C16H26O5S4/c17-15(7-3-1-5-13-9-11-24(19)22-13)21-16(18)8-4-2-6-14-10-12-25(20)23-14/h13-14H,1-12H2. The summed E-state index contributed by atoms with van der Waals surface area (Å²) in [4.78, 5) is 23.3. The van der Waals surface area contributed by atoms with Gasteiger partial charge in [-0.2, -0.15) is 0 Å². The Labute approximate surface area is 161 Å². The summed E-state index contributed by atoms with van der Waals surface area (Å²) >= 11 is 0. The molecule has 0 aromatic heterocycles. The minimum absolute atomic E-state index is 0.275. The van der Waals surface area contributed by atoms with Gasteiger partial charge in [0.25, 0.3) is 0 Å². The van der Waals surface area contributed by atoms with Crippen LogP contribution in [0.3, 0.4) is 0 Å². The third-order valence-corrected chi connectivity index (χ3v) is 11.2. The maximum Gasteiger partial charge on any atom is 0.313 e. The lowest BCUT2D eigenvalue weighted by molar-refractivity contribution is -0.159. The van der Waals surface area contributed by atoms with E-state index in [0.717, 1.165) is 50.0 Å². The first-order valence-electron chi connectivity index (χ1n) is 8.87. The van der Waals surface area contributed by atoms with Gasteiger partial charge in [0.05, 0.1) is 19.7 Å². The van der Waals surface area contributed by atoms with Gasteiger partial charge in [-0.3, -0.25) is 9.59 Å². The Morgan fingerprint density at radius 1 is 0.800 bits per heavy atom. The third kappa shape index (κ3) is 9.06. The zero-order valence-corrected chi connectivity index (χ0v) is 17.6. The molecule has 144 valence electrons. The number of carbonyl (C=O) groups excluding carboxylic acids is 2. The number of ether oxygens (including phenoxy) is 1. The fourth-order valence-corrected chi connectivity index (χ4v) is 9.98. The maximum atomic E-state index is 11.6. The van der Waals surface area contributed by atoms with E-state index in [1.165, 1.54) is 21.6 Å². The molecule has 0 spiro atoms. The second kappa shape index (κ2) is 11.8. The van der Waals surface area contributed by atoms with Crippen molar-refractivity contribution < 1.29 is 22.7 Å². The van der Waals surface area contributed by atoms with E-state index in [4.69, 9.17) is 4.74 Å². The zero-order valence-electron chi connectivity index (χ0n) is 14.3. The highest BCUT2D eigenvalue weighted by Crippen LogP contribution is 2.32. The molecule has 0 N–H and O–H groups in total. The summed E-state index contributed by atoms with van der Waals surface area (Å²) in [6, 6.07) is 0. The average Bonchev–Trinajstić information content (AvgIpc) is 3.16. The molecule has 2 saturated heterocycles. The van der Waals surface area contributed by atoms with E-state index in [9.17, 15) is 18.0 Å². The molecule has 4 atom stereocenters. The summed E-state index contributed by atoms with van der Waals surface area (Å²) in [7, 11) is 1.64. The first-order valence-corrected chi connectivity index (χ1v) is 14.3. The predicted octanol–water partition coefficient (Wildman–Crippen LogP) is 3.52. The largest absolute Gasteiger partial charge is 0.393 e. The van der Waals surface area contributed by atoms with E-state index >= 15 is 0 Å². The molecule has 0 aromatic rings. The highest BCUT2D eigenvalue weighted by molar-refractivity contribution is 8.70. The Bertz CT molecular complexity index is 467. The van der Waals surface area contributed by atoms with Crippen LogP contribution in [0.15, 0.2) is 0 Å². The molecule has 2 rings (SSSR count). The first kappa shape index (κ1) is 21.4. The van der Waals surface area contributed by atoms with Gasteiger partial charge in [-0.25, -0.2) is 8.42 Å². The van der Waals surface area contributed by atoms with E-state index in [1.807, 2.05) is 0 Å². The lowest BCUT2D eigenvalue weighted by atomic mass is 10.1. The van der Waals surface area contributed by atoms with E-state index in [-0.39, 0.29) is 12.8 Å². The highest BCUT2D eigenvalue weighted by Gasteiger charge is 2.22. The molecule has 4 unspecified atom stereocenters. The molecule has 2 aliphatic rings. The predicted molar refractivity (Wildman–Crippen MR) is 106 cm³/mol. The first-order chi connectivity index (χ1) is 12.0. The van der Waals surface area contributed by atoms with Crippen molar-refractivity contribution in [2.24, 2.45) is 0 Å². The van der Waals surface area contributed by atoms with Gasteiger partial charge >= 0.3 is 11.9 Å². The van der Waals surface area contributed by atoms with Crippen LogP contribution in [-0.2, 0) is 34.0 Å². The SMILES string of the molecule is O=C(CCCCC1CCS(=O)S1)OC(=O)CCCCC1CCS(=O)S1. The molecule has 9 heteroatoms. The molecule has 0 bridgehead atoms. The Hall–Kier alpha value is 0.140. The third-order valence-electron chi connectivity index (χ3n) is 4.24. The molecule has 2 heterocycles. The second-order valence-electron chi connectivity index (χ2n) is 6.37. The lowest BCUT2D eigenvalue weighted by Gasteiger charge is -2.07. The van der Waals surface area contributed by atoms with Gasteiger partial charge < -0.3 is 4.74 Å². The zero-order chi connectivity index (χ0) is 18.1. The monoisotopic (exact) mass is 426 g/mol. The van der Waals surface area contributed by atoms with Crippen molar-refractivity contribution in [2.45, 2.75) is 74.7 Å². The van der Waals surface area contributed by atoms with Crippen LogP contribution in [0.1, 0.15) is 64.2 Å².